The van der Waals surface area contributed by atoms with Gasteiger partial charge in [-0.05, 0) is 0 Å². The first-order valence-corrected chi connectivity index (χ1v) is 4.79. The largest absolute Gasteiger partial charge is 0.476 e. The third kappa shape index (κ3) is 3.33. The number of nitro groups is 1. The van der Waals surface area contributed by atoms with Gasteiger partial charge in [-0.3, -0.25) is 10.1 Å². The van der Waals surface area contributed by atoms with E-state index in [4.69, 9.17) is 9.47 Å². The third-order valence-corrected chi connectivity index (χ3v) is 2.03. The summed E-state index contributed by atoms with van der Waals surface area (Å²) in [5, 5.41) is 20.4. The number of methoxy groups -OCH3 is 2. The number of hydrogen-bond acceptors (Lipinski definition) is 7. The number of nitrogens with zero attached hydrogens (tertiary/aromatic N) is 3. The molecule has 0 aromatic carbocycles. The number of ether oxygens (including phenoxy) is 2. The Morgan fingerprint density at radius 2 is 2.24 bits per heavy atom. The lowest BCUT2D eigenvalue weighted by Crippen LogP contribution is -2.19. The van der Waals surface area contributed by atoms with Gasteiger partial charge in [0.05, 0.1) is 24.7 Å². The molecule has 17 heavy (non-hydrogen) atoms. The Morgan fingerprint density at radius 1 is 1.53 bits per heavy atom. The minimum atomic E-state index is -0.863. The number of hydrogen-bond donors (Lipinski definition) is 1. The average Bonchev–Trinajstić information content (AvgIpc) is 2.28. The lowest BCUT2D eigenvalue weighted by molar-refractivity contribution is -0.387. The number of aliphatic hydroxyl groups excluding tert-OH is 1. The fourth-order valence-corrected chi connectivity index (χ4v) is 1.35. The maximum atomic E-state index is 10.9. The highest BCUT2D eigenvalue weighted by Gasteiger charge is 2.25. The zero-order valence-electron chi connectivity index (χ0n) is 9.49. The molecule has 8 nitrogen and oxygen atoms in total. The average molecular weight is 243 g/mol. The van der Waals surface area contributed by atoms with Gasteiger partial charge in [0.25, 0.3) is 5.88 Å². The van der Waals surface area contributed by atoms with E-state index in [0.29, 0.717) is 0 Å². The minimum absolute atomic E-state index is 0.00301. The Bertz CT molecular complexity index is 398. The fourth-order valence-electron chi connectivity index (χ4n) is 1.35. The van der Waals surface area contributed by atoms with Gasteiger partial charge in [0, 0.05) is 13.5 Å². The highest BCUT2D eigenvalue weighted by molar-refractivity contribution is 5.44. The molecule has 1 atom stereocenters. The lowest BCUT2D eigenvalue weighted by Gasteiger charge is -2.09. The molecule has 0 aliphatic rings. The smallest absolute Gasteiger partial charge is 0.352 e. The van der Waals surface area contributed by atoms with Crippen LogP contribution < -0.4 is 4.74 Å². The van der Waals surface area contributed by atoms with Gasteiger partial charge in [-0.25, -0.2) is 4.98 Å². The van der Waals surface area contributed by atoms with Crippen LogP contribution in [0.15, 0.2) is 6.33 Å². The van der Waals surface area contributed by atoms with Gasteiger partial charge in [-0.1, -0.05) is 0 Å². The monoisotopic (exact) mass is 243 g/mol. The van der Waals surface area contributed by atoms with Gasteiger partial charge in [-0.15, -0.1) is 0 Å². The Morgan fingerprint density at radius 3 is 2.76 bits per heavy atom. The van der Waals surface area contributed by atoms with Crippen LogP contribution in [-0.4, -0.2) is 46.9 Å². The standard InChI is InChI=1S/C9H13N3O5/c1-16-4-6(13)3-7-8(12(14)15)9(17-2)11-5-10-7/h5-6,13H,3-4H2,1-2H3. The zero-order valence-corrected chi connectivity index (χ0v) is 9.49. The molecule has 0 aliphatic heterocycles. The molecule has 0 saturated carbocycles. The van der Waals surface area contributed by atoms with E-state index in [9.17, 15) is 15.2 Å². The molecular weight excluding hydrogens is 230 g/mol. The van der Waals surface area contributed by atoms with Crippen LogP contribution in [0.25, 0.3) is 0 Å². The van der Waals surface area contributed by atoms with E-state index < -0.39 is 11.0 Å². The summed E-state index contributed by atoms with van der Waals surface area (Å²) in [5.41, 5.74) is -0.212. The summed E-state index contributed by atoms with van der Waals surface area (Å²) in [7, 11) is 2.71. The molecule has 1 heterocycles. The summed E-state index contributed by atoms with van der Waals surface area (Å²) in [6, 6.07) is 0. The highest BCUT2D eigenvalue weighted by Crippen LogP contribution is 2.27. The van der Waals surface area contributed by atoms with Crippen molar-refractivity contribution >= 4 is 5.69 Å². The first-order valence-electron chi connectivity index (χ1n) is 4.79. The maximum absolute atomic E-state index is 10.9. The summed E-state index contributed by atoms with van der Waals surface area (Å²) in [6.07, 6.45) is 0.294. The van der Waals surface area contributed by atoms with E-state index in [-0.39, 0.29) is 30.3 Å². The summed E-state index contributed by atoms with van der Waals surface area (Å²) < 4.78 is 9.52. The van der Waals surface area contributed by atoms with Crippen LogP contribution in [0.3, 0.4) is 0 Å². The number of aliphatic hydroxyl groups is 1. The molecule has 1 aromatic heterocycles. The van der Waals surface area contributed by atoms with Crippen molar-refractivity contribution in [1.29, 1.82) is 0 Å². The molecule has 0 bridgehead atoms. The normalized spacial score (nSPS) is 12.2. The van der Waals surface area contributed by atoms with Crippen LogP contribution in [0.5, 0.6) is 5.88 Å². The Hall–Kier alpha value is -1.80. The predicted molar refractivity (Wildman–Crippen MR) is 56.8 cm³/mol. The van der Waals surface area contributed by atoms with Crippen LogP contribution in [0.4, 0.5) is 5.69 Å². The first-order chi connectivity index (χ1) is 8.10. The van der Waals surface area contributed by atoms with Gasteiger partial charge >= 0.3 is 5.69 Å². The molecule has 0 radical (unpaired) electrons. The summed E-state index contributed by atoms with van der Waals surface area (Å²) in [6.45, 7) is 0.0729. The molecule has 0 saturated heterocycles. The molecule has 8 heteroatoms. The van der Waals surface area contributed by atoms with Gasteiger partial charge < -0.3 is 14.6 Å². The summed E-state index contributed by atoms with van der Waals surface area (Å²) >= 11 is 0. The van der Waals surface area contributed by atoms with Crippen LogP contribution >= 0.6 is 0 Å². The minimum Gasteiger partial charge on any atom is -0.476 e. The second kappa shape index (κ2) is 6.06. The van der Waals surface area contributed by atoms with E-state index in [1.54, 1.807) is 0 Å². The molecule has 0 aliphatic carbocycles. The second-order valence-electron chi connectivity index (χ2n) is 3.25. The Labute approximate surface area is 97.4 Å². The van der Waals surface area contributed by atoms with Crippen molar-refractivity contribution < 1.29 is 19.5 Å². The van der Waals surface area contributed by atoms with E-state index in [2.05, 4.69) is 9.97 Å². The third-order valence-electron chi connectivity index (χ3n) is 2.03. The lowest BCUT2D eigenvalue weighted by atomic mass is 10.2. The number of rotatable bonds is 6. The molecule has 94 valence electrons. The van der Waals surface area contributed by atoms with Crippen molar-refractivity contribution in [2.75, 3.05) is 20.8 Å². The number of aromatic nitrogens is 2. The van der Waals surface area contributed by atoms with Gasteiger partial charge in [0.1, 0.15) is 12.0 Å². The maximum Gasteiger partial charge on any atom is 0.352 e. The highest BCUT2D eigenvalue weighted by atomic mass is 16.6. The molecule has 1 aromatic rings. The molecule has 0 amide bonds. The van der Waals surface area contributed by atoms with Crippen molar-refractivity contribution in [2.45, 2.75) is 12.5 Å². The Balaban J connectivity index is 3.02. The van der Waals surface area contributed by atoms with Crippen molar-refractivity contribution in [1.82, 2.24) is 9.97 Å². The van der Waals surface area contributed by atoms with Gasteiger partial charge in [0.2, 0.25) is 0 Å². The molecule has 1 unspecified atom stereocenters. The van der Waals surface area contributed by atoms with Crippen molar-refractivity contribution in [3.63, 3.8) is 0 Å². The Kier molecular flexibility index (Phi) is 4.73. The van der Waals surface area contributed by atoms with Crippen LogP contribution in [0.1, 0.15) is 5.69 Å². The molecule has 1 N–H and O–H groups in total. The first kappa shape index (κ1) is 13.3. The van der Waals surface area contributed by atoms with E-state index in [1.807, 2.05) is 0 Å². The summed E-state index contributed by atoms with van der Waals surface area (Å²) in [5.74, 6) is -0.121. The van der Waals surface area contributed by atoms with Crippen LogP contribution in [0, 0.1) is 10.1 Å². The van der Waals surface area contributed by atoms with E-state index in [0.717, 1.165) is 6.33 Å². The topological polar surface area (TPSA) is 108 Å². The second-order valence-corrected chi connectivity index (χ2v) is 3.25. The molecular formula is C9H13N3O5. The summed E-state index contributed by atoms with van der Waals surface area (Å²) in [4.78, 5) is 17.7. The van der Waals surface area contributed by atoms with E-state index >= 15 is 0 Å². The van der Waals surface area contributed by atoms with Crippen LogP contribution in [0.2, 0.25) is 0 Å². The van der Waals surface area contributed by atoms with E-state index in [1.165, 1.54) is 14.2 Å². The van der Waals surface area contributed by atoms with Gasteiger partial charge in [0.15, 0.2) is 0 Å². The predicted octanol–water partition coefficient (Wildman–Crippen LogP) is -0.0568. The van der Waals surface area contributed by atoms with Gasteiger partial charge in [-0.2, -0.15) is 4.98 Å². The van der Waals surface area contributed by atoms with Crippen molar-refractivity contribution in [3.8, 4) is 5.88 Å². The van der Waals surface area contributed by atoms with Crippen molar-refractivity contribution in [3.05, 3.63) is 22.1 Å². The van der Waals surface area contributed by atoms with Crippen molar-refractivity contribution in [2.24, 2.45) is 0 Å². The fraction of sp³-hybridized carbons (Fsp3) is 0.556. The van der Waals surface area contributed by atoms with Crippen LogP contribution in [-0.2, 0) is 11.2 Å². The molecule has 0 spiro atoms. The molecule has 1 rings (SSSR count). The quantitative estimate of drug-likeness (QED) is 0.550. The zero-order chi connectivity index (χ0) is 12.8. The SMILES string of the molecule is COCC(O)Cc1ncnc(OC)c1[N+](=O)[O-]. The molecule has 0 fully saturated rings.